The van der Waals surface area contributed by atoms with Gasteiger partial charge in [0.1, 0.15) is 6.29 Å². The van der Waals surface area contributed by atoms with Crippen LogP contribution in [0.15, 0.2) is 30.3 Å². The molecule has 2 saturated heterocycles. The molecule has 2 atom stereocenters. The molecule has 0 bridgehead atoms. The number of aliphatic hydroxyl groups is 1. The zero-order valence-corrected chi connectivity index (χ0v) is 24.9. The number of amides is 2. The molecule has 9 heteroatoms. The van der Waals surface area contributed by atoms with E-state index in [9.17, 15) is 14.7 Å². The van der Waals surface area contributed by atoms with Gasteiger partial charge >= 0.3 is 6.03 Å². The molecule has 39 heavy (non-hydrogen) atoms. The Kier molecular flexibility index (Phi) is 7.87. The molecule has 0 radical (unpaired) electrons. The van der Waals surface area contributed by atoms with Crippen LogP contribution in [0, 0.1) is 5.41 Å². The maximum absolute atomic E-state index is 14.4. The summed E-state index contributed by atoms with van der Waals surface area (Å²) in [5, 5.41) is 11.1. The van der Waals surface area contributed by atoms with E-state index >= 15 is 0 Å². The molecule has 2 aliphatic heterocycles. The van der Waals surface area contributed by atoms with E-state index in [4.69, 9.17) is 17.4 Å². The van der Waals surface area contributed by atoms with E-state index in [1.54, 1.807) is 0 Å². The number of nitrogens with zero attached hydrogens (tertiary/aromatic N) is 4. The molecule has 1 aromatic carbocycles. The summed E-state index contributed by atoms with van der Waals surface area (Å²) < 4.78 is 5.65. The molecule has 2 unspecified atom stereocenters. The van der Waals surface area contributed by atoms with Crippen LogP contribution in [0.2, 0.25) is 0 Å². The standard InChI is InChI=1S/C30H46N4O4S/c1-27(2,22-35)25(32-17-18-38-19-24(32)39)33-20-28(34(26(33)36)21-29(37)11-8-12-29)13-15-30(16-14-28,31(3)4)23-9-6-5-7-10-23/h5-7,9-10,22,24-25,37,39H,8,11-21H2,1-4H3. The fourth-order valence-electron chi connectivity index (χ4n) is 7.55. The molecule has 2 heterocycles. The van der Waals surface area contributed by atoms with Crippen LogP contribution >= 0.6 is 12.6 Å². The molecular weight excluding hydrogens is 512 g/mol. The van der Waals surface area contributed by atoms with Gasteiger partial charge < -0.3 is 24.4 Å². The van der Waals surface area contributed by atoms with E-state index in [-0.39, 0.29) is 16.9 Å². The van der Waals surface area contributed by atoms with Crippen LogP contribution in [0.1, 0.15) is 64.4 Å². The molecular formula is C30H46N4O4S. The lowest BCUT2D eigenvalue weighted by Crippen LogP contribution is -2.62. The van der Waals surface area contributed by atoms with Crippen LogP contribution in [0.3, 0.4) is 0 Å². The Morgan fingerprint density at radius 3 is 2.36 bits per heavy atom. The topological polar surface area (TPSA) is 76.6 Å². The lowest BCUT2D eigenvalue weighted by molar-refractivity contribution is -0.126. The molecule has 4 aliphatic rings. The molecule has 1 N–H and O–H groups in total. The van der Waals surface area contributed by atoms with Crippen molar-refractivity contribution >= 4 is 24.9 Å². The first kappa shape index (κ1) is 28.9. The number of benzene rings is 1. The van der Waals surface area contributed by atoms with Gasteiger partial charge in [-0.2, -0.15) is 12.6 Å². The number of carbonyl (C=O) groups is 2. The summed E-state index contributed by atoms with van der Waals surface area (Å²) in [5.41, 5.74) is -0.822. The number of ether oxygens (including phenoxy) is 1. The van der Waals surface area contributed by atoms with Gasteiger partial charge in [-0.15, -0.1) is 0 Å². The second-order valence-corrected chi connectivity index (χ2v) is 13.8. The maximum Gasteiger partial charge on any atom is 0.322 e. The minimum atomic E-state index is -0.825. The second kappa shape index (κ2) is 10.6. The molecule has 1 spiro atoms. The zero-order valence-electron chi connectivity index (χ0n) is 24.0. The predicted molar refractivity (Wildman–Crippen MR) is 155 cm³/mol. The van der Waals surface area contributed by atoms with Crippen LogP contribution < -0.4 is 0 Å². The SMILES string of the molecule is CN(C)C1(c2ccccc2)CCC2(CC1)CN(C(N1CCOCC1S)C(C)(C)C=O)C(=O)N2CC1(O)CCC1. The zero-order chi connectivity index (χ0) is 28.1. The van der Waals surface area contributed by atoms with Crippen molar-refractivity contribution < 1.29 is 19.4 Å². The third-order valence-electron chi connectivity index (χ3n) is 10.1. The highest BCUT2D eigenvalue weighted by Gasteiger charge is 2.59. The normalized spacial score (nSPS) is 32.5. The fourth-order valence-corrected chi connectivity index (χ4v) is 7.90. The van der Waals surface area contributed by atoms with E-state index in [1.165, 1.54) is 5.56 Å². The number of thiol groups is 1. The summed E-state index contributed by atoms with van der Waals surface area (Å²) >= 11 is 4.80. The van der Waals surface area contributed by atoms with Crippen molar-refractivity contribution in [1.82, 2.24) is 19.6 Å². The first-order valence-electron chi connectivity index (χ1n) is 14.5. The van der Waals surface area contributed by atoms with E-state index in [0.717, 1.165) is 51.2 Å². The van der Waals surface area contributed by atoms with Crippen molar-refractivity contribution in [2.75, 3.05) is 46.9 Å². The summed E-state index contributed by atoms with van der Waals surface area (Å²) in [6, 6.07) is 10.6. The lowest BCUT2D eigenvalue weighted by atomic mass is 9.67. The number of aldehydes is 1. The summed E-state index contributed by atoms with van der Waals surface area (Å²) in [6.07, 6.45) is 6.46. The highest BCUT2D eigenvalue weighted by atomic mass is 32.1. The number of hydrogen-bond donors (Lipinski definition) is 2. The molecule has 216 valence electrons. The number of urea groups is 1. The average molecular weight is 559 g/mol. The van der Waals surface area contributed by atoms with Crippen molar-refractivity contribution in [2.45, 2.75) is 87.0 Å². The molecule has 5 rings (SSSR count). The molecule has 2 amide bonds. The van der Waals surface area contributed by atoms with Gasteiger partial charge in [0.15, 0.2) is 0 Å². The van der Waals surface area contributed by atoms with Gasteiger partial charge in [-0.25, -0.2) is 4.79 Å². The number of carbonyl (C=O) groups excluding carboxylic acids is 2. The van der Waals surface area contributed by atoms with Gasteiger partial charge in [0.25, 0.3) is 0 Å². The van der Waals surface area contributed by atoms with Gasteiger partial charge in [0.2, 0.25) is 0 Å². The summed E-state index contributed by atoms with van der Waals surface area (Å²) in [5.74, 6) is 0. The third-order valence-corrected chi connectivity index (χ3v) is 10.6. The van der Waals surface area contributed by atoms with Crippen LogP contribution in [-0.4, -0.2) is 107 Å². The first-order valence-corrected chi connectivity index (χ1v) is 15.0. The smallest absolute Gasteiger partial charge is 0.322 e. The van der Waals surface area contributed by atoms with Crippen molar-refractivity contribution in [1.29, 1.82) is 0 Å². The monoisotopic (exact) mass is 558 g/mol. The Morgan fingerprint density at radius 2 is 1.82 bits per heavy atom. The van der Waals surface area contributed by atoms with E-state index in [0.29, 0.717) is 32.8 Å². The van der Waals surface area contributed by atoms with Crippen molar-refractivity contribution in [2.24, 2.45) is 5.41 Å². The Balaban J connectivity index is 1.50. The molecule has 2 aliphatic carbocycles. The van der Waals surface area contributed by atoms with Gasteiger partial charge in [-0.1, -0.05) is 30.3 Å². The van der Waals surface area contributed by atoms with Gasteiger partial charge in [0, 0.05) is 18.6 Å². The van der Waals surface area contributed by atoms with E-state index < -0.39 is 22.7 Å². The van der Waals surface area contributed by atoms with E-state index in [1.807, 2.05) is 23.6 Å². The van der Waals surface area contributed by atoms with Gasteiger partial charge in [-0.3, -0.25) is 9.80 Å². The molecule has 2 saturated carbocycles. The summed E-state index contributed by atoms with van der Waals surface area (Å²) in [6.45, 7) is 6.32. The first-order chi connectivity index (χ1) is 18.5. The summed E-state index contributed by atoms with van der Waals surface area (Å²) in [4.78, 5) is 35.3. The minimum absolute atomic E-state index is 0.0701. The van der Waals surface area contributed by atoms with Gasteiger partial charge in [-0.05, 0) is 78.5 Å². The quantitative estimate of drug-likeness (QED) is 0.376. The van der Waals surface area contributed by atoms with Gasteiger partial charge in [0.05, 0.1) is 47.9 Å². The average Bonchev–Trinajstić information content (AvgIpc) is 3.15. The molecule has 8 nitrogen and oxygen atoms in total. The molecule has 0 aromatic heterocycles. The predicted octanol–water partition coefficient (Wildman–Crippen LogP) is 3.55. The summed E-state index contributed by atoms with van der Waals surface area (Å²) in [7, 11) is 4.31. The minimum Gasteiger partial charge on any atom is -0.388 e. The fraction of sp³-hybridized carbons (Fsp3) is 0.733. The van der Waals surface area contributed by atoms with E-state index in [2.05, 4.69) is 54.2 Å². The Labute approximate surface area is 239 Å². The highest BCUT2D eigenvalue weighted by molar-refractivity contribution is 7.80. The van der Waals surface area contributed by atoms with Crippen molar-refractivity contribution in [3.63, 3.8) is 0 Å². The number of hydrogen-bond acceptors (Lipinski definition) is 7. The number of morpholine rings is 1. The Bertz CT molecular complexity index is 1040. The third kappa shape index (κ3) is 5.03. The van der Waals surface area contributed by atoms with Crippen LogP contribution in [0.4, 0.5) is 4.79 Å². The van der Waals surface area contributed by atoms with Crippen LogP contribution in [0.5, 0.6) is 0 Å². The van der Waals surface area contributed by atoms with Crippen LogP contribution in [0.25, 0.3) is 0 Å². The molecule has 4 fully saturated rings. The van der Waals surface area contributed by atoms with Crippen molar-refractivity contribution in [3.8, 4) is 0 Å². The number of rotatable bonds is 8. The van der Waals surface area contributed by atoms with Crippen molar-refractivity contribution in [3.05, 3.63) is 35.9 Å². The largest absolute Gasteiger partial charge is 0.388 e. The second-order valence-electron chi connectivity index (χ2n) is 13.2. The highest BCUT2D eigenvalue weighted by Crippen LogP contribution is 2.51. The van der Waals surface area contributed by atoms with Crippen LogP contribution in [-0.2, 0) is 15.1 Å². The molecule has 1 aromatic rings. The maximum atomic E-state index is 14.4. The Morgan fingerprint density at radius 1 is 1.15 bits per heavy atom. The number of β-amino-alcohol motifs (C(OH)–C–C–N with tert-alkyl or cyclic N) is 1. The Hall–Kier alpha value is -1.65. The lowest BCUT2D eigenvalue weighted by Gasteiger charge is -2.52.